The Bertz CT molecular complexity index is 460. The van der Waals surface area contributed by atoms with E-state index in [1.165, 1.54) is 0 Å². The summed E-state index contributed by atoms with van der Waals surface area (Å²) in [6.07, 6.45) is 4.26. The fourth-order valence-electron chi connectivity index (χ4n) is 2.41. The number of hydrogen-bond acceptors (Lipinski definition) is 3. The SMILES string of the molecule is Cn1c(Cl)cnc1CN1CCCCC1(C)C(=O)O. The second-order valence-electron chi connectivity index (χ2n) is 5.01. The second-order valence-corrected chi connectivity index (χ2v) is 5.40. The molecule has 2 rings (SSSR count). The Balaban J connectivity index is 2.20. The smallest absolute Gasteiger partial charge is 0.323 e. The van der Waals surface area contributed by atoms with Crippen molar-refractivity contribution in [3.05, 3.63) is 17.2 Å². The Labute approximate surface area is 111 Å². The summed E-state index contributed by atoms with van der Waals surface area (Å²) in [5.41, 5.74) is -0.795. The van der Waals surface area contributed by atoms with Crippen molar-refractivity contribution in [2.75, 3.05) is 6.54 Å². The molecule has 0 aliphatic carbocycles. The number of carboxylic acids is 1. The van der Waals surface area contributed by atoms with Crippen LogP contribution in [0.5, 0.6) is 0 Å². The summed E-state index contributed by atoms with van der Waals surface area (Å²) in [6, 6.07) is 0. The lowest BCUT2D eigenvalue weighted by atomic mass is 9.88. The van der Waals surface area contributed by atoms with E-state index in [4.69, 9.17) is 11.6 Å². The number of rotatable bonds is 3. The number of halogens is 1. The maximum atomic E-state index is 11.5. The molecule has 1 aliphatic heterocycles. The number of hydrogen-bond donors (Lipinski definition) is 1. The van der Waals surface area contributed by atoms with Crippen LogP contribution < -0.4 is 0 Å². The van der Waals surface area contributed by atoms with Gasteiger partial charge in [0.05, 0.1) is 12.7 Å². The van der Waals surface area contributed by atoms with E-state index in [0.717, 1.165) is 25.2 Å². The first-order chi connectivity index (χ1) is 8.45. The number of aromatic nitrogens is 2. The van der Waals surface area contributed by atoms with Gasteiger partial charge >= 0.3 is 5.97 Å². The normalized spacial score (nSPS) is 25.3. The van der Waals surface area contributed by atoms with Gasteiger partial charge in [-0.05, 0) is 32.7 Å². The first kappa shape index (κ1) is 13.4. The van der Waals surface area contributed by atoms with Crippen LogP contribution in [-0.4, -0.2) is 37.6 Å². The van der Waals surface area contributed by atoms with Crippen LogP contribution in [-0.2, 0) is 18.4 Å². The molecule has 18 heavy (non-hydrogen) atoms. The van der Waals surface area contributed by atoms with Gasteiger partial charge in [-0.3, -0.25) is 9.69 Å². The van der Waals surface area contributed by atoms with E-state index in [-0.39, 0.29) is 0 Å². The molecule has 1 aliphatic rings. The molecule has 0 radical (unpaired) electrons. The molecule has 100 valence electrons. The number of imidazole rings is 1. The topological polar surface area (TPSA) is 58.4 Å². The molecule has 0 amide bonds. The quantitative estimate of drug-likeness (QED) is 0.912. The summed E-state index contributed by atoms with van der Waals surface area (Å²) in [7, 11) is 1.84. The highest BCUT2D eigenvalue weighted by Crippen LogP contribution is 2.29. The van der Waals surface area contributed by atoms with Crippen molar-refractivity contribution in [1.29, 1.82) is 0 Å². The van der Waals surface area contributed by atoms with E-state index in [1.54, 1.807) is 17.7 Å². The standard InChI is InChI=1S/C12H18ClN3O2/c1-12(11(17)18)5-3-4-6-16(12)8-10-14-7-9(13)15(10)2/h7H,3-6,8H2,1-2H3,(H,17,18). The van der Waals surface area contributed by atoms with Gasteiger partial charge in [0.25, 0.3) is 0 Å². The molecular formula is C12H18ClN3O2. The molecular weight excluding hydrogens is 254 g/mol. The van der Waals surface area contributed by atoms with Crippen molar-refractivity contribution in [2.45, 2.75) is 38.3 Å². The molecule has 6 heteroatoms. The second kappa shape index (κ2) is 4.90. The highest BCUT2D eigenvalue weighted by molar-refractivity contribution is 6.29. The van der Waals surface area contributed by atoms with Gasteiger partial charge in [0.15, 0.2) is 0 Å². The van der Waals surface area contributed by atoms with Gasteiger partial charge in [0, 0.05) is 7.05 Å². The van der Waals surface area contributed by atoms with Crippen molar-refractivity contribution in [3.63, 3.8) is 0 Å². The van der Waals surface area contributed by atoms with Crippen LogP contribution in [0.4, 0.5) is 0 Å². The molecule has 0 saturated carbocycles. The van der Waals surface area contributed by atoms with E-state index >= 15 is 0 Å². The van der Waals surface area contributed by atoms with Crippen LogP contribution in [0.3, 0.4) is 0 Å². The minimum Gasteiger partial charge on any atom is -0.480 e. The number of piperidine rings is 1. The average Bonchev–Trinajstić information content (AvgIpc) is 2.64. The largest absolute Gasteiger partial charge is 0.480 e. The van der Waals surface area contributed by atoms with E-state index in [0.29, 0.717) is 18.1 Å². The molecule has 1 N–H and O–H groups in total. The van der Waals surface area contributed by atoms with Gasteiger partial charge in [-0.2, -0.15) is 0 Å². The summed E-state index contributed by atoms with van der Waals surface area (Å²) >= 11 is 5.95. The number of nitrogens with zero attached hydrogens (tertiary/aromatic N) is 3. The Morgan fingerprint density at radius 2 is 2.33 bits per heavy atom. The molecule has 1 aromatic rings. The summed E-state index contributed by atoms with van der Waals surface area (Å²) in [4.78, 5) is 17.7. The lowest BCUT2D eigenvalue weighted by molar-refractivity contribution is -0.153. The summed E-state index contributed by atoms with van der Waals surface area (Å²) in [5.74, 6) is 0.0388. The molecule has 1 unspecified atom stereocenters. The highest BCUT2D eigenvalue weighted by Gasteiger charge is 2.41. The van der Waals surface area contributed by atoms with Gasteiger partial charge in [-0.1, -0.05) is 11.6 Å². The summed E-state index contributed by atoms with van der Waals surface area (Å²) in [5, 5.41) is 9.99. The molecule has 1 atom stereocenters. The highest BCUT2D eigenvalue weighted by atomic mass is 35.5. The Morgan fingerprint density at radius 3 is 2.89 bits per heavy atom. The Kier molecular flexibility index (Phi) is 3.64. The fourth-order valence-corrected chi connectivity index (χ4v) is 2.56. The van der Waals surface area contributed by atoms with Gasteiger partial charge in [-0.15, -0.1) is 0 Å². The van der Waals surface area contributed by atoms with Crippen LogP contribution in [0.2, 0.25) is 5.15 Å². The van der Waals surface area contributed by atoms with Gasteiger partial charge in [0.2, 0.25) is 0 Å². The monoisotopic (exact) mass is 271 g/mol. The molecule has 1 aromatic heterocycles. The third-order valence-electron chi connectivity index (χ3n) is 3.86. The number of carboxylic acid groups (broad SMARTS) is 1. The van der Waals surface area contributed by atoms with Crippen molar-refractivity contribution >= 4 is 17.6 Å². The maximum Gasteiger partial charge on any atom is 0.323 e. The first-order valence-corrected chi connectivity index (χ1v) is 6.47. The molecule has 5 nitrogen and oxygen atoms in total. The summed E-state index contributed by atoms with van der Waals surface area (Å²) in [6.45, 7) is 3.10. The van der Waals surface area contributed by atoms with Gasteiger partial charge < -0.3 is 9.67 Å². The van der Waals surface area contributed by atoms with E-state index in [2.05, 4.69) is 4.98 Å². The summed E-state index contributed by atoms with van der Waals surface area (Å²) < 4.78 is 1.79. The molecule has 2 heterocycles. The maximum absolute atomic E-state index is 11.5. The zero-order chi connectivity index (χ0) is 13.3. The Hall–Kier alpha value is -1.07. The van der Waals surface area contributed by atoms with Crippen LogP contribution in [0.25, 0.3) is 0 Å². The van der Waals surface area contributed by atoms with Gasteiger partial charge in [0.1, 0.15) is 16.5 Å². The molecule has 1 saturated heterocycles. The first-order valence-electron chi connectivity index (χ1n) is 6.09. The van der Waals surface area contributed by atoms with E-state index in [9.17, 15) is 9.90 Å². The molecule has 1 fully saturated rings. The molecule has 0 spiro atoms. The predicted molar refractivity (Wildman–Crippen MR) is 68.5 cm³/mol. The zero-order valence-electron chi connectivity index (χ0n) is 10.7. The lowest BCUT2D eigenvalue weighted by Crippen LogP contribution is -2.54. The fraction of sp³-hybridized carbons (Fsp3) is 0.667. The third-order valence-corrected chi connectivity index (χ3v) is 4.21. The van der Waals surface area contributed by atoms with Crippen molar-refractivity contribution in [1.82, 2.24) is 14.5 Å². The minimum atomic E-state index is -0.795. The molecule has 0 aromatic carbocycles. The minimum absolute atomic E-state index is 0.520. The molecule has 0 bridgehead atoms. The number of aliphatic carboxylic acids is 1. The number of carbonyl (C=O) groups is 1. The zero-order valence-corrected chi connectivity index (χ0v) is 11.4. The lowest BCUT2D eigenvalue weighted by Gasteiger charge is -2.41. The van der Waals surface area contributed by atoms with Crippen molar-refractivity contribution in [2.24, 2.45) is 7.05 Å². The Morgan fingerprint density at radius 1 is 1.61 bits per heavy atom. The van der Waals surface area contributed by atoms with Crippen LogP contribution in [0, 0.1) is 0 Å². The number of likely N-dealkylation sites (tertiary alicyclic amines) is 1. The van der Waals surface area contributed by atoms with Gasteiger partial charge in [-0.25, -0.2) is 4.98 Å². The van der Waals surface area contributed by atoms with Crippen molar-refractivity contribution in [3.8, 4) is 0 Å². The predicted octanol–water partition coefficient (Wildman–Crippen LogP) is 1.90. The van der Waals surface area contributed by atoms with Crippen LogP contribution >= 0.6 is 11.6 Å². The van der Waals surface area contributed by atoms with Crippen LogP contribution in [0.1, 0.15) is 32.0 Å². The third kappa shape index (κ3) is 2.24. The van der Waals surface area contributed by atoms with E-state index in [1.807, 2.05) is 11.9 Å². The van der Waals surface area contributed by atoms with E-state index < -0.39 is 11.5 Å². The average molecular weight is 272 g/mol. The van der Waals surface area contributed by atoms with Crippen molar-refractivity contribution < 1.29 is 9.90 Å². The van der Waals surface area contributed by atoms with Crippen LogP contribution in [0.15, 0.2) is 6.20 Å².